The van der Waals surface area contributed by atoms with Gasteiger partial charge in [-0.2, -0.15) is 0 Å². The monoisotopic (exact) mass is 607 g/mol. The average Bonchev–Trinajstić information content (AvgIpc) is 2.53. The van der Waals surface area contributed by atoms with E-state index in [4.69, 9.17) is 17.2 Å². The van der Waals surface area contributed by atoms with Crippen LogP contribution in [0.5, 0.6) is 0 Å². The molecule has 1 aromatic rings. The molecule has 0 fully saturated rings. The third kappa shape index (κ3) is 10.2. The number of hydrogen-bond donors (Lipinski definition) is 4. The third-order valence-electron chi connectivity index (χ3n) is 3.11. The molecule has 0 saturated carbocycles. The zero-order valence-corrected chi connectivity index (χ0v) is 23.4. The topological polar surface area (TPSA) is 165 Å². The summed E-state index contributed by atoms with van der Waals surface area (Å²) in [6.45, 7) is 4.88. The Morgan fingerprint density at radius 2 is 1.30 bits per heavy atom. The fraction of sp³-hybridized carbons (Fsp3) is 0.583. The number of hydrogen-bond acceptors (Lipinski definition) is 11. The second-order valence-electron chi connectivity index (χ2n) is 5.75. The van der Waals surface area contributed by atoms with E-state index in [2.05, 4.69) is 20.9 Å². The summed E-state index contributed by atoms with van der Waals surface area (Å²) in [5, 5.41) is -1.65. The summed E-state index contributed by atoms with van der Waals surface area (Å²) < 4.78 is 48.4. The van der Waals surface area contributed by atoms with Crippen molar-refractivity contribution >= 4 is 64.6 Å². The van der Waals surface area contributed by atoms with E-state index >= 15 is 0 Å². The second-order valence-corrected chi connectivity index (χ2v) is 16.8. The van der Waals surface area contributed by atoms with Crippen LogP contribution in [0.4, 0.5) is 0 Å². The molecule has 174 valence electrons. The summed E-state index contributed by atoms with van der Waals surface area (Å²) in [6.07, 6.45) is 1.47. The summed E-state index contributed by atoms with van der Waals surface area (Å²) in [7, 11) is -18.1. The van der Waals surface area contributed by atoms with Gasteiger partial charge in [-0.3, -0.25) is 31.4 Å². The van der Waals surface area contributed by atoms with Crippen LogP contribution in [-0.2, 0) is 32.8 Å². The molecular formula is C12H24BrNO10P6. The van der Waals surface area contributed by atoms with E-state index in [-0.39, 0.29) is 12.8 Å². The number of rotatable bonds is 13. The Hall–Kier alpha value is 1.49. The van der Waals surface area contributed by atoms with Crippen LogP contribution in [0.25, 0.3) is 0 Å². The van der Waals surface area contributed by atoms with E-state index in [9.17, 15) is 28.7 Å². The molecule has 4 N–H and O–H groups in total. The highest BCUT2D eigenvalue weighted by molar-refractivity contribution is 9.10. The molecule has 0 bridgehead atoms. The van der Waals surface area contributed by atoms with Crippen molar-refractivity contribution in [3.05, 3.63) is 28.5 Å². The lowest BCUT2D eigenvalue weighted by molar-refractivity contribution is 0.347. The predicted molar refractivity (Wildman–Crippen MR) is 124 cm³/mol. The smallest absolute Gasteiger partial charge is 0.350 e. The molecule has 0 radical (unpaired) electrons. The molecule has 0 saturated heterocycles. The molecule has 1 rings (SSSR count). The third-order valence-corrected chi connectivity index (χ3v) is 14.7. The first-order valence-electron chi connectivity index (χ1n) is 8.06. The fourth-order valence-corrected chi connectivity index (χ4v) is 14.0. The first-order valence-corrected chi connectivity index (χ1v) is 18.7. The van der Waals surface area contributed by atoms with Gasteiger partial charge in [-0.05, 0) is 40.9 Å². The zero-order chi connectivity index (χ0) is 23.1. The van der Waals surface area contributed by atoms with Crippen molar-refractivity contribution < 1.29 is 45.9 Å². The van der Waals surface area contributed by atoms with Crippen molar-refractivity contribution in [3.63, 3.8) is 0 Å². The molecule has 11 nitrogen and oxygen atoms in total. The molecule has 1 aromatic heterocycles. The van der Waals surface area contributed by atoms with Gasteiger partial charge in [0.15, 0.2) is 38.9 Å². The largest absolute Gasteiger partial charge is 0.356 e. The van der Waals surface area contributed by atoms with Gasteiger partial charge in [0.2, 0.25) is 0 Å². The van der Waals surface area contributed by atoms with Crippen molar-refractivity contribution in [2.75, 3.05) is 26.7 Å². The molecule has 0 aliphatic heterocycles. The van der Waals surface area contributed by atoms with Gasteiger partial charge in [-0.25, -0.2) is 0 Å². The Bertz CT molecular complexity index is 686. The minimum Gasteiger partial charge on any atom is -0.350 e. The van der Waals surface area contributed by atoms with Gasteiger partial charge >= 0.3 is 15.2 Å². The maximum absolute atomic E-state index is 13.6. The molecule has 0 spiro atoms. The molecule has 0 aliphatic carbocycles. The number of halogens is 1. The van der Waals surface area contributed by atoms with Crippen LogP contribution in [0.3, 0.4) is 0 Å². The summed E-state index contributed by atoms with van der Waals surface area (Å²) in [6, 6.07) is 3.40. The Balaban J connectivity index is 3.43. The van der Waals surface area contributed by atoms with Gasteiger partial charge in [-0.1, -0.05) is 0 Å². The molecular weight excluding hydrogens is 584 g/mol. The second kappa shape index (κ2) is 13.4. The van der Waals surface area contributed by atoms with Crippen LogP contribution in [-0.4, -0.2) is 56.6 Å². The summed E-state index contributed by atoms with van der Waals surface area (Å²) in [4.78, 5) is 43.1. The van der Waals surface area contributed by atoms with Crippen molar-refractivity contribution in [2.45, 2.75) is 18.2 Å². The van der Waals surface area contributed by atoms with Crippen LogP contribution < -0.4 is 0 Å². The summed E-state index contributed by atoms with van der Waals surface area (Å²) in [5.41, 5.74) is 0.539. The minimum atomic E-state index is -4.52. The lowest BCUT2D eigenvalue weighted by Gasteiger charge is -2.33. The number of pyridine rings is 1. The van der Waals surface area contributed by atoms with Crippen molar-refractivity contribution in [2.24, 2.45) is 0 Å². The maximum atomic E-state index is 13.6. The lowest BCUT2D eigenvalue weighted by atomic mass is 10.2. The van der Waals surface area contributed by atoms with E-state index in [1.807, 2.05) is 0 Å². The van der Waals surface area contributed by atoms with Gasteiger partial charge in [-0.15, -0.1) is 0 Å². The maximum Gasteiger partial charge on any atom is 0.356 e. The number of nitrogens with zero attached hydrogens (tertiary/aromatic N) is 1. The van der Waals surface area contributed by atoms with Crippen LogP contribution in [0.15, 0.2) is 22.8 Å². The Morgan fingerprint density at radius 3 is 1.60 bits per heavy atom. The highest BCUT2D eigenvalue weighted by Crippen LogP contribution is 2.80. The zero-order valence-electron chi connectivity index (χ0n) is 16.5. The van der Waals surface area contributed by atoms with E-state index in [0.29, 0.717) is 5.69 Å². The molecule has 30 heavy (non-hydrogen) atoms. The van der Waals surface area contributed by atoms with Gasteiger partial charge < -0.3 is 19.6 Å². The van der Waals surface area contributed by atoms with E-state index in [0.717, 1.165) is 4.47 Å². The molecule has 0 aromatic carbocycles. The first kappa shape index (κ1) is 29.5. The normalized spacial score (nSPS) is 21.1. The summed E-state index contributed by atoms with van der Waals surface area (Å²) >= 11 is 3.26. The van der Waals surface area contributed by atoms with Gasteiger partial charge in [0, 0.05) is 43.0 Å². The molecule has 0 aliphatic rings. The summed E-state index contributed by atoms with van der Waals surface area (Å²) in [5.74, 6) is 0. The highest BCUT2D eigenvalue weighted by Gasteiger charge is 2.54. The highest BCUT2D eigenvalue weighted by atomic mass is 79.9. The van der Waals surface area contributed by atoms with Crippen LogP contribution in [0.1, 0.15) is 12.1 Å². The quantitative estimate of drug-likeness (QED) is 0.215. The predicted octanol–water partition coefficient (Wildman–Crippen LogP) is 5.29. The van der Waals surface area contributed by atoms with Gasteiger partial charge in [0.25, 0.3) is 0 Å². The van der Waals surface area contributed by atoms with Crippen molar-refractivity contribution in [1.82, 2.24) is 4.98 Å². The fourth-order valence-electron chi connectivity index (χ4n) is 2.23. The van der Waals surface area contributed by atoms with Crippen LogP contribution in [0, 0.1) is 0 Å². The van der Waals surface area contributed by atoms with E-state index in [1.54, 1.807) is 18.3 Å². The molecule has 4 unspecified atom stereocenters. The van der Waals surface area contributed by atoms with Crippen LogP contribution in [0.2, 0.25) is 0 Å². The Morgan fingerprint density at radius 1 is 0.900 bits per heavy atom. The Kier molecular flexibility index (Phi) is 13.2. The molecule has 1 heterocycles. The van der Waals surface area contributed by atoms with Gasteiger partial charge in [0.05, 0.1) is 0 Å². The van der Waals surface area contributed by atoms with Crippen LogP contribution >= 0.6 is 64.6 Å². The van der Waals surface area contributed by atoms with Crippen molar-refractivity contribution in [3.8, 4) is 0 Å². The molecule has 18 heteroatoms. The molecule has 4 atom stereocenters. The average molecular weight is 608 g/mol. The number of aromatic nitrogens is 1. The standard InChI is InChI=1S/C12H24BrNO10P6/c1-25(15)21-29(19,22-26(2)16)12(8-7-11-6-5-10(13)9-14-11)30(20,23-27(3)17)24-28(4)18/h5-6,9,12,15-18H,7-8H2,1-4H3. The van der Waals surface area contributed by atoms with E-state index < -0.39 is 54.1 Å². The minimum absolute atomic E-state index is 0.117. The van der Waals surface area contributed by atoms with Crippen molar-refractivity contribution in [1.29, 1.82) is 0 Å². The SMILES string of the molecule is CP(O)OP(=O)(OP(C)O)C(CCc1ccc(Br)cn1)P(=O)(OP(C)O)OP(C)O. The first-order chi connectivity index (χ1) is 13.8. The Labute approximate surface area is 188 Å². The lowest BCUT2D eigenvalue weighted by Crippen LogP contribution is -2.15. The van der Waals surface area contributed by atoms with E-state index in [1.165, 1.54) is 26.7 Å². The molecule has 0 amide bonds. The number of aryl methyl sites for hydroxylation is 1. The van der Waals surface area contributed by atoms with Gasteiger partial charge in [0.1, 0.15) is 0 Å².